The average Bonchev–Trinajstić information content (AvgIpc) is 2.92. The van der Waals surface area contributed by atoms with Gasteiger partial charge in [0.1, 0.15) is 5.82 Å². The number of ether oxygens (including phenoxy) is 2. The maximum Gasteiger partial charge on any atom is 0.161 e. The largest absolute Gasteiger partial charge is 0.493 e. The highest BCUT2D eigenvalue weighted by Crippen LogP contribution is 2.29. The van der Waals surface area contributed by atoms with E-state index in [-0.39, 0.29) is 0 Å². The van der Waals surface area contributed by atoms with E-state index < -0.39 is 0 Å². The lowest BCUT2D eigenvalue weighted by Gasteiger charge is -2.10. The zero-order valence-electron chi connectivity index (χ0n) is 13.5. The molecule has 4 nitrogen and oxygen atoms in total. The van der Waals surface area contributed by atoms with Gasteiger partial charge in [-0.2, -0.15) is 0 Å². The van der Waals surface area contributed by atoms with Gasteiger partial charge < -0.3 is 14.0 Å². The van der Waals surface area contributed by atoms with Gasteiger partial charge in [-0.1, -0.05) is 24.3 Å². The third-order valence-corrected chi connectivity index (χ3v) is 3.86. The van der Waals surface area contributed by atoms with Crippen molar-refractivity contribution in [1.82, 2.24) is 9.55 Å². The Balaban J connectivity index is 2.01. The fourth-order valence-corrected chi connectivity index (χ4v) is 2.77. The molecule has 0 saturated heterocycles. The fourth-order valence-electron chi connectivity index (χ4n) is 2.77. The molecular weight excluding hydrogens is 288 g/mol. The third-order valence-electron chi connectivity index (χ3n) is 3.86. The van der Waals surface area contributed by atoms with Gasteiger partial charge >= 0.3 is 0 Å². The summed E-state index contributed by atoms with van der Waals surface area (Å²) in [5, 5.41) is 0. The van der Waals surface area contributed by atoms with Crippen molar-refractivity contribution in [3.8, 4) is 11.5 Å². The van der Waals surface area contributed by atoms with Gasteiger partial charge in [0.2, 0.25) is 0 Å². The SMILES string of the molecule is C=CCn1c(Cc2ccc(OC)c(OC)c2)nc2ccccc21. The quantitative estimate of drug-likeness (QED) is 0.649. The molecule has 0 saturated carbocycles. The molecule has 0 spiro atoms. The minimum atomic E-state index is 0.725. The van der Waals surface area contributed by atoms with Crippen molar-refractivity contribution in [1.29, 1.82) is 0 Å². The molecule has 0 aliphatic heterocycles. The summed E-state index contributed by atoms with van der Waals surface area (Å²) >= 11 is 0. The zero-order valence-corrected chi connectivity index (χ0v) is 13.5. The molecule has 0 amide bonds. The Hall–Kier alpha value is -2.75. The smallest absolute Gasteiger partial charge is 0.161 e. The van der Waals surface area contributed by atoms with Gasteiger partial charge in [0.15, 0.2) is 11.5 Å². The second-order valence-corrected chi connectivity index (χ2v) is 5.28. The van der Waals surface area contributed by atoms with Crippen LogP contribution >= 0.6 is 0 Å². The lowest BCUT2D eigenvalue weighted by molar-refractivity contribution is 0.354. The van der Waals surface area contributed by atoms with Crippen molar-refractivity contribution in [2.24, 2.45) is 0 Å². The Morgan fingerprint density at radius 2 is 1.87 bits per heavy atom. The van der Waals surface area contributed by atoms with Crippen molar-refractivity contribution in [3.63, 3.8) is 0 Å². The third kappa shape index (κ3) is 2.93. The molecule has 1 heterocycles. The highest BCUT2D eigenvalue weighted by Gasteiger charge is 2.11. The molecule has 0 atom stereocenters. The monoisotopic (exact) mass is 308 g/mol. The molecule has 0 N–H and O–H groups in total. The molecule has 23 heavy (non-hydrogen) atoms. The number of allylic oxidation sites excluding steroid dienone is 1. The van der Waals surface area contributed by atoms with E-state index in [1.165, 1.54) is 0 Å². The van der Waals surface area contributed by atoms with Gasteiger partial charge in [0, 0.05) is 13.0 Å². The predicted octanol–water partition coefficient (Wildman–Crippen LogP) is 3.83. The number of rotatable bonds is 6. The van der Waals surface area contributed by atoms with E-state index in [1.54, 1.807) is 14.2 Å². The van der Waals surface area contributed by atoms with Crippen molar-refractivity contribution in [2.75, 3.05) is 14.2 Å². The van der Waals surface area contributed by atoms with E-state index in [1.807, 2.05) is 42.5 Å². The first kappa shape index (κ1) is 15.2. The summed E-state index contributed by atoms with van der Waals surface area (Å²) in [6.45, 7) is 4.59. The van der Waals surface area contributed by atoms with Crippen LogP contribution in [0.4, 0.5) is 0 Å². The van der Waals surface area contributed by atoms with Crippen LogP contribution in [-0.4, -0.2) is 23.8 Å². The molecule has 0 unspecified atom stereocenters. The molecule has 0 aliphatic carbocycles. The van der Waals surface area contributed by atoms with E-state index in [4.69, 9.17) is 14.5 Å². The number of nitrogens with zero attached hydrogens (tertiary/aromatic N) is 2. The van der Waals surface area contributed by atoms with E-state index >= 15 is 0 Å². The van der Waals surface area contributed by atoms with Crippen molar-refractivity contribution < 1.29 is 9.47 Å². The number of imidazole rings is 1. The summed E-state index contributed by atoms with van der Waals surface area (Å²) in [6, 6.07) is 14.1. The highest BCUT2D eigenvalue weighted by molar-refractivity contribution is 5.76. The fraction of sp³-hybridized carbons (Fsp3) is 0.211. The van der Waals surface area contributed by atoms with Gasteiger partial charge in [-0.25, -0.2) is 4.98 Å². The number of hydrogen-bond donors (Lipinski definition) is 0. The number of aromatic nitrogens is 2. The summed E-state index contributed by atoms with van der Waals surface area (Å²) in [5.74, 6) is 2.48. The van der Waals surface area contributed by atoms with E-state index in [2.05, 4.69) is 17.2 Å². The summed E-state index contributed by atoms with van der Waals surface area (Å²) in [5.41, 5.74) is 3.26. The number of benzene rings is 2. The molecular formula is C19H20N2O2. The van der Waals surface area contributed by atoms with Gasteiger partial charge in [-0.05, 0) is 29.8 Å². The van der Waals surface area contributed by atoms with Gasteiger partial charge in [0.25, 0.3) is 0 Å². The van der Waals surface area contributed by atoms with Crippen molar-refractivity contribution in [3.05, 3.63) is 66.5 Å². The van der Waals surface area contributed by atoms with Crippen LogP contribution in [0.5, 0.6) is 11.5 Å². The number of hydrogen-bond acceptors (Lipinski definition) is 3. The molecule has 0 fully saturated rings. The van der Waals surface area contributed by atoms with Crippen LogP contribution in [0.1, 0.15) is 11.4 Å². The van der Waals surface area contributed by atoms with Crippen LogP contribution in [0.2, 0.25) is 0 Å². The second kappa shape index (κ2) is 6.57. The standard InChI is InChI=1S/C19H20N2O2/c1-4-11-21-16-8-6-5-7-15(16)20-19(21)13-14-9-10-17(22-2)18(12-14)23-3/h4-10,12H,1,11,13H2,2-3H3. The van der Waals surface area contributed by atoms with Crippen LogP contribution in [0, 0.1) is 0 Å². The van der Waals surface area contributed by atoms with Gasteiger partial charge in [-0.3, -0.25) is 0 Å². The molecule has 3 rings (SSSR count). The molecule has 3 aromatic rings. The first-order valence-electron chi connectivity index (χ1n) is 7.52. The van der Waals surface area contributed by atoms with Crippen LogP contribution in [0.3, 0.4) is 0 Å². The zero-order chi connectivity index (χ0) is 16.2. The maximum absolute atomic E-state index is 5.38. The van der Waals surface area contributed by atoms with E-state index in [0.29, 0.717) is 0 Å². The first-order valence-corrected chi connectivity index (χ1v) is 7.52. The summed E-state index contributed by atoms with van der Waals surface area (Å²) in [6.07, 6.45) is 2.62. The Bertz CT molecular complexity index is 837. The number of fused-ring (bicyclic) bond motifs is 1. The molecule has 118 valence electrons. The van der Waals surface area contributed by atoms with Crippen LogP contribution < -0.4 is 9.47 Å². The minimum absolute atomic E-state index is 0.725. The van der Waals surface area contributed by atoms with Crippen LogP contribution in [0.15, 0.2) is 55.1 Å². The predicted molar refractivity (Wildman–Crippen MR) is 92.3 cm³/mol. The Kier molecular flexibility index (Phi) is 4.33. The highest BCUT2D eigenvalue weighted by atomic mass is 16.5. The number of methoxy groups -OCH3 is 2. The van der Waals surface area contributed by atoms with E-state index in [0.717, 1.165) is 46.9 Å². The summed E-state index contributed by atoms with van der Waals surface area (Å²) in [7, 11) is 3.29. The van der Waals surface area contributed by atoms with Crippen LogP contribution in [-0.2, 0) is 13.0 Å². The average molecular weight is 308 g/mol. The lowest BCUT2D eigenvalue weighted by atomic mass is 10.1. The molecule has 1 aromatic heterocycles. The lowest BCUT2D eigenvalue weighted by Crippen LogP contribution is -2.03. The first-order chi connectivity index (χ1) is 11.3. The van der Waals surface area contributed by atoms with Crippen molar-refractivity contribution in [2.45, 2.75) is 13.0 Å². The second-order valence-electron chi connectivity index (χ2n) is 5.28. The molecule has 2 aromatic carbocycles. The molecule has 0 aliphatic rings. The molecule has 0 radical (unpaired) electrons. The van der Waals surface area contributed by atoms with Gasteiger partial charge in [-0.15, -0.1) is 6.58 Å². The van der Waals surface area contributed by atoms with Gasteiger partial charge in [0.05, 0.1) is 25.3 Å². The Labute approximate surface area is 136 Å². The topological polar surface area (TPSA) is 36.3 Å². The Morgan fingerprint density at radius 1 is 1.09 bits per heavy atom. The Morgan fingerprint density at radius 3 is 2.61 bits per heavy atom. The minimum Gasteiger partial charge on any atom is -0.493 e. The van der Waals surface area contributed by atoms with Crippen LogP contribution in [0.25, 0.3) is 11.0 Å². The van der Waals surface area contributed by atoms with E-state index in [9.17, 15) is 0 Å². The molecule has 4 heteroatoms. The summed E-state index contributed by atoms with van der Waals surface area (Å²) in [4.78, 5) is 4.77. The number of para-hydroxylation sites is 2. The summed E-state index contributed by atoms with van der Waals surface area (Å²) < 4.78 is 12.9. The maximum atomic E-state index is 5.38. The van der Waals surface area contributed by atoms with Crippen molar-refractivity contribution >= 4 is 11.0 Å². The molecule has 0 bridgehead atoms. The normalized spacial score (nSPS) is 10.7.